The number of carboxylic acid groups (broad SMARTS) is 1. The summed E-state index contributed by atoms with van der Waals surface area (Å²) in [5, 5.41) is 8.22. The molecule has 2 rings (SSSR count). The molecule has 2 saturated heterocycles. The van der Waals surface area contributed by atoms with E-state index in [4.69, 9.17) is 16.7 Å². The lowest BCUT2D eigenvalue weighted by Gasteiger charge is -2.25. The van der Waals surface area contributed by atoms with Crippen LogP contribution in [-0.4, -0.2) is 65.4 Å². The zero-order chi connectivity index (χ0) is 17.6. The zero-order valence-electron chi connectivity index (χ0n) is 15.7. The fraction of sp³-hybridized carbons (Fsp3) is 0.889. The lowest BCUT2D eigenvalue weighted by atomic mass is 10.1. The molecule has 0 aliphatic carbocycles. The monoisotopic (exact) mass is 432 g/mol. The average Bonchev–Trinajstić information content (AvgIpc) is 2.57. The van der Waals surface area contributed by atoms with E-state index in [-0.39, 0.29) is 30.1 Å². The summed E-state index contributed by atoms with van der Waals surface area (Å²) in [4.78, 5) is 25.4. The van der Waals surface area contributed by atoms with E-state index in [9.17, 15) is 9.59 Å². The van der Waals surface area contributed by atoms with Crippen LogP contribution in [0.5, 0.6) is 0 Å². The summed E-state index contributed by atoms with van der Waals surface area (Å²) < 4.78 is 0. The Morgan fingerprint density at radius 2 is 1.12 bits per heavy atom. The van der Waals surface area contributed by atoms with E-state index in [0.717, 1.165) is 25.9 Å². The van der Waals surface area contributed by atoms with E-state index in [1.807, 2.05) is 0 Å². The summed E-state index contributed by atoms with van der Waals surface area (Å²) in [6, 6.07) is 0. The molecule has 0 saturated carbocycles. The molecular formula is C18H35Cl3N2O3. The van der Waals surface area contributed by atoms with Crippen LogP contribution < -0.4 is 0 Å². The van der Waals surface area contributed by atoms with Crippen molar-refractivity contribution in [2.45, 2.75) is 64.2 Å². The Labute approximate surface area is 175 Å². The Hall–Kier alpha value is -0.0700. The minimum absolute atomic E-state index is 0. The molecular weight excluding hydrogens is 399 g/mol. The number of carbonyl (C=O) groups is 2. The largest absolute Gasteiger partial charge is 0.481 e. The molecule has 0 unspecified atom stereocenters. The second-order valence-electron chi connectivity index (χ2n) is 6.76. The standard InChI is InChI=1S/C9H16ClNO.C9H17NO2.2ClH/c10-9(12)5-4-8-11-6-2-1-3-7-11;11-9(12)5-4-8-10-6-2-1-3-7-10;;/h1-8H2;1-8H2,(H,11,12);2*1H. The average molecular weight is 434 g/mol. The SMILES string of the molecule is Cl.Cl.O=C(Cl)CCCN1CCCCC1.O=C(O)CCCN1CCCCC1. The number of aliphatic carboxylic acids is 1. The maximum atomic E-state index is 10.4. The lowest BCUT2D eigenvalue weighted by Crippen LogP contribution is -2.30. The highest BCUT2D eigenvalue weighted by Crippen LogP contribution is 2.10. The summed E-state index contributed by atoms with van der Waals surface area (Å²) in [7, 11) is 0. The second-order valence-corrected chi connectivity index (χ2v) is 7.18. The van der Waals surface area contributed by atoms with Crippen molar-refractivity contribution in [1.29, 1.82) is 0 Å². The highest BCUT2D eigenvalue weighted by molar-refractivity contribution is 6.63. The van der Waals surface area contributed by atoms with Gasteiger partial charge in [-0.15, -0.1) is 24.8 Å². The molecule has 0 atom stereocenters. The zero-order valence-corrected chi connectivity index (χ0v) is 18.1. The van der Waals surface area contributed by atoms with E-state index >= 15 is 0 Å². The molecule has 0 spiro atoms. The van der Waals surface area contributed by atoms with Crippen LogP contribution in [0.3, 0.4) is 0 Å². The molecule has 156 valence electrons. The van der Waals surface area contributed by atoms with Crippen LogP contribution in [0.25, 0.3) is 0 Å². The summed E-state index contributed by atoms with van der Waals surface area (Å²) in [6.07, 6.45) is 10.5. The minimum atomic E-state index is -0.674. The molecule has 0 amide bonds. The van der Waals surface area contributed by atoms with Gasteiger partial charge in [0.05, 0.1) is 0 Å². The van der Waals surface area contributed by atoms with Gasteiger partial charge in [0.1, 0.15) is 0 Å². The molecule has 8 heteroatoms. The number of carbonyl (C=O) groups excluding carboxylic acids is 1. The van der Waals surface area contributed by atoms with E-state index in [1.54, 1.807) is 0 Å². The van der Waals surface area contributed by atoms with Gasteiger partial charge in [0.25, 0.3) is 0 Å². The normalized spacial score (nSPS) is 17.9. The Morgan fingerprint density at radius 1 is 0.731 bits per heavy atom. The van der Waals surface area contributed by atoms with Crippen LogP contribution in [0.4, 0.5) is 0 Å². The topological polar surface area (TPSA) is 60.9 Å². The Morgan fingerprint density at radius 3 is 1.46 bits per heavy atom. The van der Waals surface area contributed by atoms with Gasteiger partial charge in [0.2, 0.25) is 5.24 Å². The van der Waals surface area contributed by atoms with Gasteiger partial charge in [-0.3, -0.25) is 9.59 Å². The summed E-state index contributed by atoms with van der Waals surface area (Å²) in [5.41, 5.74) is 0. The van der Waals surface area contributed by atoms with Crippen molar-refractivity contribution < 1.29 is 14.7 Å². The van der Waals surface area contributed by atoms with Gasteiger partial charge in [-0.1, -0.05) is 12.8 Å². The van der Waals surface area contributed by atoms with Crippen molar-refractivity contribution in [1.82, 2.24) is 9.80 Å². The number of halogens is 3. The molecule has 2 heterocycles. The Bertz CT molecular complexity index is 328. The van der Waals surface area contributed by atoms with Crippen molar-refractivity contribution in [3.8, 4) is 0 Å². The van der Waals surface area contributed by atoms with Crippen LogP contribution in [-0.2, 0) is 9.59 Å². The third kappa shape index (κ3) is 16.1. The van der Waals surface area contributed by atoms with Crippen LogP contribution in [0.1, 0.15) is 64.2 Å². The van der Waals surface area contributed by atoms with Crippen molar-refractivity contribution in [2.75, 3.05) is 39.3 Å². The number of likely N-dealkylation sites (tertiary alicyclic amines) is 2. The first-order chi connectivity index (χ1) is 11.6. The van der Waals surface area contributed by atoms with E-state index in [1.165, 1.54) is 64.7 Å². The molecule has 26 heavy (non-hydrogen) atoms. The first kappa shape index (κ1) is 28.1. The third-order valence-electron chi connectivity index (χ3n) is 4.61. The van der Waals surface area contributed by atoms with Gasteiger partial charge < -0.3 is 14.9 Å². The smallest absolute Gasteiger partial charge is 0.303 e. The van der Waals surface area contributed by atoms with E-state index in [2.05, 4.69) is 9.80 Å². The number of hydrogen-bond donors (Lipinski definition) is 1. The maximum absolute atomic E-state index is 10.4. The van der Waals surface area contributed by atoms with Gasteiger partial charge in [-0.25, -0.2) is 0 Å². The van der Waals surface area contributed by atoms with Crippen LogP contribution >= 0.6 is 36.4 Å². The van der Waals surface area contributed by atoms with Gasteiger partial charge in [0, 0.05) is 12.8 Å². The van der Waals surface area contributed by atoms with Crippen molar-refractivity contribution in [2.24, 2.45) is 0 Å². The maximum Gasteiger partial charge on any atom is 0.303 e. The van der Waals surface area contributed by atoms with Gasteiger partial charge in [-0.05, 0) is 89.4 Å². The molecule has 2 aliphatic heterocycles. The van der Waals surface area contributed by atoms with E-state index < -0.39 is 5.97 Å². The Balaban J connectivity index is 0. The van der Waals surface area contributed by atoms with Crippen molar-refractivity contribution in [3.63, 3.8) is 0 Å². The van der Waals surface area contributed by atoms with Crippen LogP contribution in [0.15, 0.2) is 0 Å². The fourth-order valence-corrected chi connectivity index (χ4v) is 3.40. The molecule has 0 radical (unpaired) electrons. The van der Waals surface area contributed by atoms with Crippen LogP contribution in [0, 0.1) is 0 Å². The number of piperidine rings is 2. The van der Waals surface area contributed by atoms with Crippen molar-refractivity contribution >= 4 is 47.6 Å². The molecule has 0 bridgehead atoms. The van der Waals surface area contributed by atoms with Gasteiger partial charge in [-0.2, -0.15) is 0 Å². The quantitative estimate of drug-likeness (QED) is 0.581. The highest BCUT2D eigenvalue weighted by Gasteiger charge is 2.10. The Kier molecular flexibility index (Phi) is 19.8. The van der Waals surface area contributed by atoms with Gasteiger partial charge >= 0.3 is 5.97 Å². The highest BCUT2D eigenvalue weighted by atomic mass is 35.5. The molecule has 0 aromatic carbocycles. The van der Waals surface area contributed by atoms with Crippen LogP contribution in [0.2, 0.25) is 0 Å². The molecule has 5 nitrogen and oxygen atoms in total. The number of hydrogen-bond acceptors (Lipinski definition) is 4. The fourth-order valence-electron chi connectivity index (χ4n) is 3.26. The van der Waals surface area contributed by atoms with E-state index in [0.29, 0.717) is 12.8 Å². The molecule has 0 aromatic heterocycles. The van der Waals surface area contributed by atoms with Gasteiger partial charge in [0.15, 0.2) is 0 Å². The lowest BCUT2D eigenvalue weighted by molar-refractivity contribution is -0.137. The van der Waals surface area contributed by atoms with Crippen molar-refractivity contribution in [3.05, 3.63) is 0 Å². The number of nitrogens with zero attached hydrogens (tertiary/aromatic N) is 2. The molecule has 1 N–H and O–H groups in total. The number of rotatable bonds is 8. The number of carboxylic acids is 1. The first-order valence-corrected chi connectivity index (χ1v) is 9.80. The minimum Gasteiger partial charge on any atom is -0.481 e. The molecule has 2 aliphatic rings. The predicted octanol–water partition coefficient (Wildman–Crippen LogP) is 4.20. The molecule has 2 fully saturated rings. The summed E-state index contributed by atoms with van der Waals surface area (Å²) in [6.45, 7) is 6.75. The summed E-state index contributed by atoms with van der Waals surface area (Å²) >= 11 is 5.24. The predicted molar refractivity (Wildman–Crippen MR) is 112 cm³/mol. The second kappa shape index (κ2) is 18.3. The third-order valence-corrected chi connectivity index (χ3v) is 4.80. The molecule has 0 aromatic rings. The summed E-state index contributed by atoms with van der Waals surface area (Å²) in [5.74, 6) is -0.674. The first-order valence-electron chi connectivity index (χ1n) is 9.43.